The molecule has 0 unspecified atom stereocenters. The normalized spacial score (nSPS) is 17.7. The molecule has 156 valence electrons. The summed E-state index contributed by atoms with van der Waals surface area (Å²) in [5.74, 6) is 0.456. The molecule has 2 aliphatic heterocycles. The van der Waals surface area contributed by atoms with Gasteiger partial charge in [-0.1, -0.05) is 23.2 Å². The van der Waals surface area contributed by atoms with Crippen LogP contribution in [0.3, 0.4) is 0 Å². The number of benzene rings is 1. The van der Waals surface area contributed by atoms with Crippen LogP contribution in [-0.2, 0) is 11.2 Å². The Balaban J connectivity index is 1.46. The number of nitrogens with one attached hydrogen (secondary N) is 1. The first-order chi connectivity index (χ1) is 14.4. The Labute approximate surface area is 183 Å². The number of fused-ring (bicyclic) bond motifs is 1. The van der Waals surface area contributed by atoms with E-state index in [9.17, 15) is 14.4 Å². The predicted octanol–water partition coefficient (Wildman–Crippen LogP) is 4.60. The number of hydrogen-bond donors (Lipinski definition) is 1. The van der Waals surface area contributed by atoms with Crippen molar-refractivity contribution in [1.82, 2.24) is 4.98 Å². The maximum Gasteiger partial charge on any atom is 0.224 e. The molecular formula is C21H19Cl2FN4O2. The highest BCUT2D eigenvalue weighted by molar-refractivity contribution is 6.36. The molecule has 0 radical (unpaired) electrons. The molecule has 1 amide bonds. The lowest BCUT2D eigenvalue weighted by atomic mass is 9.80. The van der Waals surface area contributed by atoms with Crippen LogP contribution in [-0.4, -0.2) is 30.6 Å². The van der Waals surface area contributed by atoms with Gasteiger partial charge in [0.2, 0.25) is 5.91 Å². The fourth-order valence-electron chi connectivity index (χ4n) is 3.85. The SMILES string of the molecule is N#CC1(COc2ccc(F)c3c2CCC(=O)N3)CCN(c2ncc(Cl)cc2Cl)CC1. The van der Waals surface area contributed by atoms with E-state index in [-0.39, 0.29) is 24.6 Å². The number of amides is 1. The molecule has 0 aliphatic carbocycles. The molecule has 0 bridgehead atoms. The van der Waals surface area contributed by atoms with Gasteiger partial charge < -0.3 is 15.0 Å². The summed E-state index contributed by atoms with van der Waals surface area (Å²) in [6.07, 6.45) is 3.38. The van der Waals surface area contributed by atoms with Crippen LogP contribution in [0.1, 0.15) is 24.8 Å². The Morgan fingerprint density at radius 3 is 2.77 bits per heavy atom. The van der Waals surface area contributed by atoms with Crippen molar-refractivity contribution in [1.29, 1.82) is 5.26 Å². The van der Waals surface area contributed by atoms with Crippen LogP contribution in [0.25, 0.3) is 0 Å². The van der Waals surface area contributed by atoms with Gasteiger partial charge in [0.25, 0.3) is 0 Å². The Morgan fingerprint density at radius 1 is 1.30 bits per heavy atom. The monoisotopic (exact) mass is 448 g/mol. The molecule has 0 spiro atoms. The van der Waals surface area contributed by atoms with Crippen molar-refractivity contribution < 1.29 is 13.9 Å². The van der Waals surface area contributed by atoms with Gasteiger partial charge in [-0.05, 0) is 37.5 Å². The molecule has 1 N–H and O–H groups in total. The van der Waals surface area contributed by atoms with Crippen LogP contribution in [0, 0.1) is 22.6 Å². The smallest absolute Gasteiger partial charge is 0.224 e. The van der Waals surface area contributed by atoms with E-state index in [1.165, 1.54) is 6.07 Å². The number of carbonyl (C=O) groups excluding carboxylic acids is 1. The van der Waals surface area contributed by atoms with Crippen molar-refractivity contribution in [2.24, 2.45) is 5.41 Å². The van der Waals surface area contributed by atoms with Crippen molar-refractivity contribution in [2.45, 2.75) is 25.7 Å². The van der Waals surface area contributed by atoms with Crippen molar-refractivity contribution in [3.05, 3.63) is 45.8 Å². The Kier molecular flexibility index (Phi) is 5.72. The number of carbonyl (C=O) groups is 1. The quantitative estimate of drug-likeness (QED) is 0.738. The summed E-state index contributed by atoms with van der Waals surface area (Å²) in [4.78, 5) is 17.9. The maximum atomic E-state index is 14.1. The summed E-state index contributed by atoms with van der Waals surface area (Å²) in [7, 11) is 0. The van der Waals surface area contributed by atoms with Crippen LogP contribution >= 0.6 is 23.2 Å². The number of nitrogens with zero attached hydrogens (tertiary/aromatic N) is 3. The van der Waals surface area contributed by atoms with E-state index in [2.05, 4.69) is 16.4 Å². The Morgan fingerprint density at radius 2 is 2.07 bits per heavy atom. The lowest BCUT2D eigenvalue weighted by Crippen LogP contribution is -2.43. The maximum absolute atomic E-state index is 14.1. The number of hydrogen-bond acceptors (Lipinski definition) is 5. The standard InChI is InChI=1S/C21H19Cl2FN4O2/c22-13-9-15(23)20(26-10-13)28-7-5-21(11-25,6-8-28)12-30-17-3-2-16(24)19-14(17)1-4-18(29)27-19/h2-3,9-10H,1,4-8,12H2,(H,27,29). The zero-order valence-corrected chi connectivity index (χ0v) is 17.6. The van der Waals surface area contributed by atoms with Crippen LogP contribution in [0.5, 0.6) is 5.75 Å². The summed E-state index contributed by atoms with van der Waals surface area (Å²) in [5.41, 5.74) is 0.138. The third kappa shape index (κ3) is 4.03. The van der Waals surface area contributed by atoms with Gasteiger partial charge >= 0.3 is 0 Å². The molecule has 2 aromatic rings. The minimum absolute atomic E-state index is 0.174. The molecule has 30 heavy (non-hydrogen) atoms. The van der Waals surface area contributed by atoms with E-state index in [0.717, 1.165) is 0 Å². The number of pyridine rings is 1. The van der Waals surface area contributed by atoms with Gasteiger partial charge in [0.1, 0.15) is 24.0 Å². The molecular weight excluding hydrogens is 430 g/mol. The molecule has 6 nitrogen and oxygen atoms in total. The van der Waals surface area contributed by atoms with Crippen molar-refractivity contribution in [3.63, 3.8) is 0 Å². The first-order valence-corrected chi connectivity index (χ1v) is 10.4. The van der Waals surface area contributed by atoms with Crippen molar-refractivity contribution in [2.75, 3.05) is 29.9 Å². The van der Waals surface area contributed by atoms with Crippen LogP contribution in [0.2, 0.25) is 10.0 Å². The van der Waals surface area contributed by atoms with Crippen LogP contribution < -0.4 is 15.0 Å². The second-order valence-electron chi connectivity index (χ2n) is 7.57. The van der Waals surface area contributed by atoms with Gasteiger partial charge in [0.05, 0.1) is 27.2 Å². The number of anilines is 2. The molecule has 0 atom stereocenters. The molecule has 3 heterocycles. The third-order valence-corrected chi connectivity index (χ3v) is 6.12. The van der Waals surface area contributed by atoms with Crippen molar-refractivity contribution >= 4 is 40.6 Å². The molecule has 4 rings (SSSR count). The van der Waals surface area contributed by atoms with Crippen LogP contribution in [0.4, 0.5) is 15.9 Å². The summed E-state index contributed by atoms with van der Waals surface area (Å²) in [6, 6.07) is 6.89. The highest BCUT2D eigenvalue weighted by Crippen LogP contribution is 2.38. The molecule has 9 heteroatoms. The van der Waals surface area contributed by atoms with E-state index in [1.807, 2.05) is 4.90 Å². The average molecular weight is 449 g/mol. The fraction of sp³-hybridized carbons (Fsp3) is 0.381. The molecule has 2 aliphatic rings. The topological polar surface area (TPSA) is 78.2 Å². The number of ether oxygens (including phenoxy) is 1. The van der Waals surface area contributed by atoms with Gasteiger partial charge in [-0.25, -0.2) is 9.37 Å². The second-order valence-corrected chi connectivity index (χ2v) is 8.42. The summed E-state index contributed by atoms with van der Waals surface area (Å²) in [6.45, 7) is 1.39. The van der Waals surface area contributed by atoms with Gasteiger partial charge in [0.15, 0.2) is 0 Å². The third-order valence-electron chi connectivity index (χ3n) is 5.64. The zero-order chi connectivity index (χ0) is 21.3. The molecule has 1 aromatic heterocycles. The number of rotatable bonds is 4. The van der Waals surface area contributed by atoms with Gasteiger partial charge in [-0.15, -0.1) is 0 Å². The minimum atomic E-state index is -0.672. The number of aromatic nitrogens is 1. The zero-order valence-electron chi connectivity index (χ0n) is 16.1. The number of nitriles is 1. The second kappa shape index (κ2) is 8.29. The highest BCUT2D eigenvalue weighted by atomic mass is 35.5. The summed E-state index contributed by atoms with van der Waals surface area (Å²) in [5, 5.41) is 13.4. The summed E-state index contributed by atoms with van der Waals surface area (Å²) < 4.78 is 20.1. The largest absolute Gasteiger partial charge is 0.492 e. The van der Waals surface area contributed by atoms with E-state index in [0.29, 0.717) is 59.5 Å². The Hall–Kier alpha value is -2.56. The Bertz CT molecular complexity index is 1030. The lowest BCUT2D eigenvalue weighted by Gasteiger charge is -2.38. The van der Waals surface area contributed by atoms with E-state index >= 15 is 0 Å². The van der Waals surface area contributed by atoms with Crippen molar-refractivity contribution in [3.8, 4) is 11.8 Å². The number of piperidine rings is 1. The van der Waals surface area contributed by atoms with Gasteiger partial charge in [-0.3, -0.25) is 4.79 Å². The van der Waals surface area contributed by atoms with E-state index in [1.54, 1.807) is 18.3 Å². The summed E-state index contributed by atoms with van der Waals surface area (Å²) >= 11 is 12.2. The van der Waals surface area contributed by atoms with Gasteiger partial charge in [-0.2, -0.15) is 5.26 Å². The first kappa shape index (κ1) is 20.7. The highest BCUT2D eigenvalue weighted by Gasteiger charge is 2.37. The lowest BCUT2D eigenvalue weighted by molar-refractivity contribution is -0.116. The average Bonchev–Trinajstić information content (AvgIpc) is 2.74. The predicted molar refractivity (Wildman–Crippen MR) is 113 cm³/mol. The number of halogens is 3. The van der Waals surface area contributed by atoms with Gasteiger partial charge in [0, 0.05) is 31.3 Å². The molecule has 0 saturated carbocycles. The van der Waals surface area contributed by atoms with E-state index in [4.69, 9.17) is 27.9 Å². The van der Waals surface area contributed by atoms with Crippen LogP contribution in [0.15, 0.2) is 24.4 Å². The first-order valence-electron chi connectivity index (χ1n) is 9.62. The molecule has 1 fully saturated rings. The molecule has 1 aromatic carbocycles. The molecule has 1 saturated heterocycles. The fourth-order valence-corrected chi connectivity index (χ4v) is 4.35. The minimum Gasteiger partial charge on any atom is -0.492 e. The van der Waals surface area contributed by atoms with E-state index < -0.39 is 11.2 Å².